The van der Waals surface area contributed by atoms with Crippen LogP contribution in [0.3, 0.4) is 0 Å². The van der Waals surface area contributed by atoms with Gasteiger partial charge in [0.2, 0.25) is 0 Å². The van der Waals surface area contributed by atoms with Gasteiger partial charge in [0, 0.05) is 9.11 Å². The Morgan fingerprint density at radius 3 is 2.17 bits per heavy atom. The fourth-order valence-corrected chi connectivity index (χ4v) is 3.06. The highest BCUT2D eigenvalue weighted by Crippen LogP contribution is 2.30. The van der Waals surface area contributed by atoms with E-state index in [9.17, 15) is 4.79 Å². The molecule has 2 aromatic rings. The molecule has 1 atom stereocenters. The number of amides is 1. The molecule has 2 rings (SSSR count). The van der Waals surface area contributed by atoms with Crippen molar-refractivity contribution in [2.45, 2.75) is 25.4 Å². The Hall–Kier alpha value is -1.40. The van der Waals surface area contributed by atoms with Crippen LogP contribution in [0, 0.1) is 3.57 Å². The van der Waals surface area contributed by atoms with Gasteiger partial charge in [0.05, 0.1) is 11.6 Å². The number of carbonyl (C=O) groups is 1. The first-order valence-electron chi connectivity index (χ1n) is 7.62. The van der Waals surface area contributed by atoms with Gasteiger partial charge in [-0.05, 0) is 68.2 Å². The fourth-order valence-electron chi connectivity index (χ4n) is 2.43. The van der Waals surface area contributed by atoms with Gasteiger partial charge in [-0.2, -0.15) is 0 Å². The highest BCUT2D eigenvalue weighted by Gasteiger charge is 2.34. The van der Waals surface area contributed by atoms with Crippen LogP contribution >= 0.6 is 22.6 Å². The molecule has 2 aromatic carbocycles. The molecular weight excluding hydrogens is 399 g/mol. The topological polar surface area (TPSA) is 32.3 Å². The first-order valence-corrected chi connectivity index (χ1v) is 8.69. The van der Waals surface area contributed by atoms with E-state index in [0.717, 1.165) is 9.13 Å². The Kier molecular flexibility index (Phi) is 5.81. The van der Waals surface area contributed by atoms with Crippen LogP contribution < -0.4 is 5.32 Å². The predicted molar refractivity (Wildman–Crippen MR) is 104 cm³/mol. The van der Waals surface area contributed by atoms with E-state index in [4.69, 9.17) is 0 Å². The quantitative estimate of drug-likeness (QED) is 0.736. The van der Waals surface area contributed by atoms with Crippen LogP contribution in [0.15, 0.2) is 54.6 Å². The standard InChI is InChI=1S/C19H23IN2O/c1-19(2,22(3)4)17(14-10-6-5-7-11-14)21-18(23)15-12-8-9-13-16(15)20/h5-13,17H,1-4H3,(H,21,23). The number of nitrogens with one attached hydrogen (secondary N) is 1. The summed E-state index contributed by atoms with van der Waals surface area (Å²) in [4.78, 5) is 14.9. The normalized spacial score (nSPS) is 13.0. The minimum Gasteiger partial charge on any atom is -0.343 e. The lowest BCUT2D eigenvalue weighted by atomic mass is 9.87. The van der Waals surface area contributed by atoms with Gasteiger partial charge in [0.15, 0.2) is 0 Å². The molecule has 0 spiro atoms. The van der Waals surface area contributed by atoms with Gasteiger partial charge in [-0.1, -0.05) is 42.5 Å². The largest absolute Gasteiger partial charge is 0.343 e. The molecule has 122 valence electrons. The van der Waals surface area contributed by atoms with Crippen molar-refractivity contribution in [3.8, 4) is 0 Å². The van der Waals surface area contributed by atoms with Crippen LogP contribution in [0.2, 0.25) is 0 Å². The second-order valence-corrected chi connectivity index (χ2v) is 7.51. The first kappa shape index (κ1) is 17.9. The van der Waals surface area contributed by atoms with Gasteiger partial charge in [-0.3, -0.25) is 4.79 Å². The molecule has 0 bridgehead atoms. The summed E-state index contributed by atoms with van der Waals surface area (Å²) in [5, 5.41) is 3.23. The van der Waals surface area contributed by atoms with E-state index in [1.807, 2.05) is 56.6 Å². The van der Waals surface area contributed by atoms with Crippen molar-refractivity contribution in [3.63, 3.8) is 0 Å². The summed E-state index contributed by atoms with van der Waals surface area (Å²) in [5.41, 5.74) is 1.59. The lowest BCUT2D eigenvalue weighted by molar-refractivity contribution is 0.0839. The number of likely N-dealkylation sites (N-methyl/N-ethyl adjacent to an activating group) is 1. The van der Waals surface area contributed by atoms with Crippen LogP contribution in [0.1, 0.15) is 35.8 Å². The molecule has 0 aliphatic rings. The number of nitrogens with zero attached hydrogens (tertiary/aromatic N) is 1. The molecule has 0 saturated heterocycles. The summed E-state index contributed by atoms with van der Waals surface area (Å²) in [6.45, 7) is 4.28. The highest BCUT2D eigenvalue weighted by atomic mass is 127. The molecular formula is C19H23IN2O. The minimum atomic E-state index is -0.225. The van der Waals surface area contributed by atoms with Crippen molar-refractivity contribution in [3.05, 3.63) is 69.3 Å². The Bertz CT molecular complexity index is 668. The maximum absolute atomic E-state index is 12.8. The lowest BCUT2D eigenvalue weighted by Gasteiger charge is -2.40. The predicted octanol–water partition coefficient (Wildman–Crippen LogP) is 4.10. The third-order valence-corrected chi connectivity index (χ3v) is 5.33. The number of halogens is 1. The van der Waals surface area contributed by atoms with Crippen molar-refractivity contribution in [2.75, 3.05) is 14.1 Å². The summed E-state index contributed by atoms with van der Waals surface area (Å²) < 4.78 is 0.956. The van der Waals surface area contributed by atoms with E-state index in [0.29, 0.717) is 5.56 Å². The van der Waals surface area contributed by atoms with Crippen molar-refractivity contribution in [1.29, 1.82) is 0 Å². The van der Waals surface area contributed by atoms with E-state index in [1.54, 1.807) is 0 Å². The third-order valence-electron chi connectivity index (χ3n) is 4.39. The number of carbonyl (C=O) groups excluding carboxylic acids is 1. The van der Waals surface area contributed by atoms with Gasteiger partial charge < -0.3 is 10.2 Å². The number of hydrogen-bond donors (Lipinski definition) is 1. The Morgan fingerprint density at radius 2 is 1.61 bits per heavy atom. The third kappa shape index (κ3) is 4.12. The number of hydrogen-bond acceptors (Lipinski definition) is 2. The van der Waals surface area contributed by atoms with E-state index in [2.05, 4.69) is 58.8 Å². The van der Waals surface area contributed by atoms with Crippen LogP contribution in [0.5, 0.6) is 0 Å². The van der Waals surface area contributed by atoms with Gasteiger partial charge in [-0.15, -0.1) is 0 Å². The van der Waals surface area contributed by atoms with Crippen molar-refractivity contribution in [2.24, 2.45) is 0 Å². The lowest BCUT2D eigenvalue weighted by Crippen LogP contribution is -2.50. The molecule has 0 saturated carbocycles. The van der Waals surface area contributed by atoms with Crippen molar-refractivity contribution >= 4 is 28.5 Å². The average Bonchev–Trinajstić information content (AvgIpc) is 2.53. The molecule has 0 fully saturated rings. The van der Waals surface area contributed by atoms with Gasteiger partial charge >= 0.3 is 0 Å². The fraction of sp³-hybridized carbons (Fsp3) is 0.316. The van der Waals surface area contributed by atoms with E-state index >= 15 is 0 Å². The second-order valence-electron chi connectivity index (χ2n) is 6.35. The smallest absolute Gasteiger partial charge is 0.252 e. The SMILES string of the molecule is CN(C)C(C)(C)C(NC(=O)c1ccccc1I)c1ccccc1. The van der Waals surface area contributed by atoms with Crippen LogP contribution in [0.4, 0.5) is 0 Å². The molecule has 3 nitrogen and oxygen atoms in total. The molecule has 4 heteroatoms. The van der Waals surface area contributed by atoms with E-state index in [1.165, 1.54) is 0 Å². The van der Waals surface area contributed by atoms with Crippen molar-refractivity contribution in [1.82, 2.24) is 10.2 Å². The number of benzene rings is 2. The molecule has 0 radical (unpaired) electrons. The zero-order chi connectivity index (χ0) is 17.0. The first-order chi connectivity index (χ1) is 10.8. The number of rotatable bonds is 5. The zero-order valence-electron chi connectivity index (χ0n) is 14.0. The van der Waals surface area contributed by atoms with Crippen LogP contribution in [0.25, 0.3) is 0 Å². The Labute approximate surface area is 152 Å². The van der Waals surface area contributed by atoms with Gasteiger partial charge in [-0.25, -0.2) is 0 Å². The molecule has 0 heterocycles. The highest BCUT2D eigenvalue weighted by molar-refractivity contribution is 14.1. The minimum absolute atomic E-state index is 0.0428. The second kappa shape index (κ2) is 7.45. The van der Waals surface area contributed by atoms with Gasteiger partial charge in [0.25, 0.3) is 5.91 Å². The van der Waals surface area contributed by atoms with Gasteiger partial charge in [0.1, 0.15) is 0 Å². The summed E-state index contributed by atoms with van der Waals surface area (Å²) in [6, 6.07) is 17.7. The molecule has 0 aliphatic carbocycles. The molecule has 0 aromatic heterocycles. The molecule has 1 unspecified atom stereocenters. The summed E-state index contributed by atoms with van der Waals surface area (Å²) in [7, 11) is 4.07. The summed E-state index contributed by atoms with van der Waals surface area (Å²) in [5.74, 6) is -0.0428. The van der Waals surface area contributed by atoms with Crippen molar-refractivity contribution < 1.29 is 4.79 Å². The maximum Gasteiger partial charge on any atom is 0.252 e. The van der Waals surface area contributed by atoms with E-state index in [-0.39, 0.29) is 17.5 Å². The zero-order valence-corrected chi connectivity index (χ0v) is 16.2. The molecule has 0 aliphatic heterocycles. The Balaban J connectivity index is 2.36. The maximum atomic E-state index is 12.8. The van der Waals surface area contributed by atoms with Crippen LogP contribution in [-0.2, 0) is 0 Å². The molecule has 1 amide bonds. The summed E-state index contributed by atoms with van der Waals surface area (Å²) >= 11 is 2.20. The monoisotopic (exact) mass is 422 g/mol. The Morgan fingerprint density at radius 1 is 1.04 bits per heavy atom. The average molecular weight is 422 g/mol. The molecule has 1 N–H and O–H groups in total. The summed E-state index contributed by atoms with van der Waals surface area (Å²) in [6.07, 6.45) is 0. The van der Waals surface area contributed by atoms with Crippen LogP contribution in [-0.4, -0.2) is 30.4 Å². The van der Waals surface area contributed by atoms with E-state index < -0.39 is 0 Å². The molecule has 23 heavy (non-hydrogen) atoms.